The Balaban J connectivity index is 2.07. The first kappa shape index (κ1) is 18.9. The van der Waals surface area contributed by atoms with Crippen LogP contribution in [0.5, 0.6) is 0 Å². The van der Waals surface area contributed by atoms with Gasteiger partial charge in [-0.15, -0.1) is 0 Å². The van der Waals surface area contributed by atoms with Gasteiger partial charge >= 0.3 is 5.69 Å². The van der Waals surface area contributed by atoms with E-state index in [0.29, 0.717) is 29.2 Å². The van der Waals surface area contributed by atoms with Crippen molar-refractivity contribution in [2.24, 2.45) is 30.4 Å². The van der Waals surface area contributed by atoms with Gasteiger partial charge in [0.25, 0.3) is 5.56 Å². The van der Waals surface area contributed by atoms with Gasteiger partial charge in [-0.2, -0.15) is 0 Å². The minimum atomic E-state index is -0.494. The van der Waals surface area contributed by atoms with E-state index in [1.807, 2.05) is 26.0 Å². The van der Waals surface area contributed by atoms with E-state index >= 15 is 0 Å². The number of carbonyl (C=O) groups excluding carboxylic acids is 1. The minimum Gasteiger partial charge on any atom is -0.299 e. The van der Waals surface area contributed by atoms with Crippen molar-refractivity contribution in [2.45, 2.75) is 32.6 Å². The number of benzene rings is 1. The van der Waals surface area contributed by atoms with Gasteiger partial charge in [-0.1, -0.05) is 37.6 Å². The van der Waals surface area contributed by atoms with Crippen LogP contribution in [-0.4, -0.2) is 20.6 Å². The summed E-state index contributed by atoms with van der Waals surface area (Å²) in [4.78, 5) is 43.4. The molecule has 0 amide bonds. The molecule has 1 fully saturated rings. The van der Waals surface area contributed by atoms with Gasteiger partial charge in [0.2, 0.25) is 0 Å². The SMILES string of the molecule is Cn1c2c(c(=O)n(C)c1=O)[C@H](c1ccc(Cl)cc1)[C@@H]1C(=O)CC(C)(C)CC1=N2. The number of nitrogens with zero attached hydrogens (tertiary/aromatic N) is 3. The highest BCUT2D eigenvalue weighted by Crippen LogP contribution is 2.47. The fourth-order valence-corrected chi connectivity index (χ4v) is 4.64. The van der Waals surface area contributed by atoms with Gasteiger partial charge in [-0.3, -0.25) is 18.7 Å². The lowest BCUT2D eigenvalue weighted by molar-refractivity contribution is -0.124. The van der Waals surface area contributed by atoms with Crippen LogP contribution in [0.1, 0.15) is 43.7 Å². The van der Waals surface area contributed by atoms with Crippen molar-refractivity contribution >= 4 is 28.9 Å². The number of halogens is 1. The molecule has 146 valence electrons. The van der Waals surface area contributed by atoms with Crippen LogP contribution in [0.2, 0.25) is 5.02 Å². The molecule has 0 radical (unpaired) electrons. The highest BCUT2D eigenvalue weighted by Gasteiger charge is 2.47. The van der Waals surface area contributed by atoms with E-state index in [1.165, 1.54) is 11.6 Å². The molecule has 1 aliphatic heterocycles. The van der Waals surface area contributed by atoms with Crippen LogP contribution in [0.25, 0.3) is 0 Å². The summed E-state index contributed by atoms with van der Waals surface area (Å²) in [6.45, 7) is 4.08. The van der Waals surface area contributed by atoms with E-state index in [-0.39, 0.29) is 11.2 Å². The van der Waals surface area contributed by atoms with Crippen molar-refractivity contribution in [3.05, 3.63) is 61.3 Å². The smallest absolute Gasteiger partial charge is 0.299 e. The molecule has 2 aliphatic rings. The average Bonchev–Trinajstić information content (AvgIpc) is 2.63. The second-order valence-electron chi connectivity index (χ2n) is 8.54. The maximum absolute atomic E-state index is 13.2. The number of fused-ring (bicyclic) bond motifs is 2. The lowest BCUT2D eigenvalue weighted by Gasteiger charge is -2.40. The van der Waals surface area contributed by atoms with Crippen molar-refractivity contribution in [3.63, 3.8) is 0 Å². The maximum atomic E-state index is 13.2. The van der Waals surface area contributed by atoms with Crippen LogP contribution in [0, 0.1) is 11.3 Å². The molecule has 0 spiro atoms. The molecule has 28 heavy (non-hydrogen) atoms. The van der Waals surface area contributed by atoms with Crippen LogP contribution >= 0.6 is 11.6 Å². The third-order valence-corrected chi connectivity index (χ3v) is 6.06. The Morgan fingerprint density at radius 3 is 2.29 bits per heavy atom. The van der Waals surface area contributed by atoms with Crippen molar-refractivity contribution < 1.29 is 4.79 Å². The van der Waals surface area contributed by atoms with Gasteiger partial charge in [0, 0.05) is 37.2 Å². The summed E-state index contributed by atoms with van der Waals surface area (Å²) in [6.07, 6.45) is 1.08. The second kappa shape index (κ2) is 6.27. The molecule has 4 rings (SSSR count). The van der Waals surface area contributed by atoms with Crippen LogP contribution < -0.4 is 11.2 Å². The molecule has 7 heteroatoms. The highest BCUT2D eigenvalue weighted by molar-refractivity contribution is 6.30. The zero-order valence-electron chi connectivity index (χ0n) is 16.3. The van der Waals surface area contributed by atoms with E-state index in [4.69, 9.17) is 11.6 Å². The first-order valence-electron chi connectivity index (χ1n) is 9.26. The summed E-state index contributed by atoms with van der Waals surface area (Å²) in [6, 6.07) is 7.20. The van der Waals surface area contributed by atoms with Crippen LogP contribution in [0.4, 0.5) is 5.82 Å². The summed E-state index contributed by atoms with van der Waals surface area (Å²) in [5.74, 6) is -0.540. The fourth-order valence-electron chi connectivity index (χ4n) is 4.52. The lowest BCUT2D eigenvalue weighted by Crippen LogP contribution is -2.47. The molecule has 1 aromatic carbocycles. The molecule has 1 aromatic heterocycles. The quantitative estimate of drug-likeness (QED) is 0.740. The number of aromatic nitrogens is 2. The molecule has 2 aromatic rings. The largest absolute Gasteiger partial charge is 0.332 e. The summed E-state index contributed by atoms with van der Waals surface area (Å²) < 4.78 is 2.48. The Morgan fingerprint density at radius 1 is 1.00 bits per heavy atom. The zero-order valence-corrected chi connectivity index (χ0v) is 17.1. The average molecular weight is 400 g/mol. The zero-order chi connectivity index (χ0) is 20.4. The molecule has 1 aliphatic carbocycles. The Bertz CT molecular complexity index is 1140. The summed E-state index contributed by atoms with van der Waals surface area (Å²) in [5.41, 5.74) is 0.936. The van der Waals surface area contributed by atoms with Gasteiger partial charge in [0.15, 0.2) is 0 Å². The summed E-state index contributed by atoms with van der Waals surface area (Å²) in [7, 11) is 3.06. The molecule has 6 nitrogen and oxygen atoms in total. The highest BCUT2D eigenvalue weighted by atomic mass is 35.5. The topological polar surface area (TPSA) is 73.4 Å². The van der Waals surface area contributed by atoms with Gasteiger partial charge in [-0.05, 0) is 29.5 Å². The Kier molecular flexibility index (Phi) is 4.23. The van der Waals surface area contributed by atoms with E-state index in [1.54, 1.807) is 19.2 Å². The van der Waals surface area contributed by atoms with E-state index in [0.717, 1.165) is 15.8 Å². The molecule has 0 bridgehead atoms. The standard InChI is InChI=1S/C21H22ClN3O3/c1-21(2)9-13-16(14(26)10-21)15(11-5-7-12(22)8-6-11)17-18(23-13)24(3)20(28)25(4)19(17)27/h5-8,15-16H,9-10H2,1-4H3/t15-,16+/m1/s1. The predicted octanol–water partition coefficient (Wildman–Crippen LogP) is 2.96. The Hall–Kier alpha value is -2.47. The van der Waals surface area contributed by atoms with Gasteiger partial charge in [0.1, 0.15) is 11.6 Å². The van der Waals surface area contributed by atoms with Gasteiger partial charge in [0.05, 0.1) is 11.5 Å². The number of hydrogen-bond acceptors (Lipinski definition) is 4. The normalized spacial score (nSPS) is 23.0. The lowest BCUT2D eigenvalue weighted by atomic mass is 9.64. The van der Waals surface area contributed by atoms with Crippen LogP contribution in [0.15, 0.2) is 38.8 Å². The van der Waals surface area contributed by atoms with Gasteiger partial charge < -0.3 is 0 Å². The van der Waals surface area contributed by atoms with Crippen LogP contribution in [0.3, 0.4) is 0 Å². The molecular weight excluding hydrogens is 378 g/mol. The maximum Gasteiger partial charge on any atom is 0.332 e. The molecule has 0 unspecified atom stereocenters. The number of hydrogen-bond donors (Lipinski definition) is 0. The van der Waals surface area contributed by atoms with Crippen molar-refractivity contribution in [1.29, 1.82) is 0 Å². The van der Waals surface area contributed by atoms with Crippen molar-refractivity contribution in [1.82, 2.24) is 9.13 Å². The molecule has 1 saturated carbocycles. The summed E-state index contributed by atoms with van der Waals surface area (Å²) >= 11 is 6.05. The third kappa shape index (κ3) is 2.78. The molecule has 2 heterocycles. The fraction of sp³-hybridized carbons (Fsp3) is 0.429. The molecule has 2 atom stereocenters. The number of ketones is 1. The summed E-state index contributed by atoms with van der Waals surface area (Å²) in [5, 5.41) is 0.582. The number of rotatable bonds is 1. The van der Waals surface area contributed by atoms with E-state index < -0.39 is 23.1 Å². The Morgan fingerprint density at radius 2 is 1.64 bits per heavy atom. The molecule has 0 N–H and O–H groups in total. The predicted molar refractivity (Wildman–Crippen MR) is 109 cm³/mol. The first-order valence-corrected chi connectivity index (χ1v) is 9.64. The Labute approximate surface area is 167 Å². The second-order valence-corrected chi connectivity index (χ2v) is 8.97. The molecular formula is C21H22ClN3O3. The van der Waals surface area contributed by atoms with E-state index in [2.05, 4.69) is 4.99 Å². The number of Topliss-reactive ketones (excluding diaryl/α,β-unsaturated/α-hetero) is 1. The van der Waals surface area contributed by atoms with Gasteiger partial charge in [-0.25, -0.2) is 9.79 Å². The first-order chi connectivity index (χ1) is 13.1. The third-order valence-electron chi connectivity index (χ3n) is 5.81. The van der Waals surface area contributed by atoms with Crippen molar-refractivity contribution in [2.75, 3.05) is 0 Å². The minimum absolute atomic E-state index is 0.0801. The monoisotopic (exact) mass is 399 g/mol. The van der Waals surface area contributed by atoms with Crippen molar-refractivity contribution in [3.8, 4) is 0 Å². The molecule has 0 saturated heterocycles. The van der Waals surface area contributed by atoms with Crippen LogP contribution in [-0.2, 0) is 18.9 Å². The number of aliphatic imine (C=N–C) groups is 1. The number of carbonyl (C=O) groups is 1. The van der Waals surface area contributed by atoms with E-state index in [9.17, 15) is 14.4 Å².